The van der Waals surface area contributed by atoms with Gasteiger partial charge in [-0.1, -0.05) is 12.1 Å². The SMILES string of the molecule is NCCCOCCOCCOCCCNC(=O)c1ccc(NN=Cc2ccc(C(=O)O)cc2)nc1. The highest BCUT2D eigenvalue weighted by atomic mass is 16.5. The molecule has 0 atom stereocenters. The average molecular weight is 488 g/mol. The Labute approximate surface area is 204 Å². The maximum Gasteiger partial charge on any atom is 0.335 e. The number of benzene rings is 1. The van der Waals surface area contributed by atoms with Crippen LogP contribution < -0.4 is 16.5 Å². The van der Waals surface area contributed by atoms with Crippen molar-refractivity contribution in [2.24, 2.45) is 10.8 Å². The summed E-state index contributed by atoms with van der Waals surface area (Å²) in [7, 11) is 0. The third kappa shape index (κ3) is 12.1. The molecular formula is C24H33N5O6. The monoisotopic (exact) mass is 487 g/mol. The molecule has 1 amide bonds. The lowest BCUT2D eigenvalue weighted by Crippen LogP contribution is -2.25. The molecule has 0 fully saturated rings. The zero-order valence-electron chi connectivity index (χ0n) is 19.7. The van der Waals surface area contributed by atoms with Crippen LogP contribution in [0.2, 0.25) is 0 Å². The van der Waals surface area contributed by atoms with Gasteiger partial charge in [-0.3, -0.25) is 10.2 Å². The third-order valence-corrected chi connectivity index (χ3v) is 4.56. The van der Waals surface area contributed by atoms with Gasteiger partial charge in [-0.25, -0.2) is 9.78 Å². The number of hydrazone groups is 1. The fraction of sp³-hybridized carbons (Fsp3) is 0.417. The molecule has 2 rings (SSSR count). The first kappa shape index (κ1) is 27.9. The van der Waals surface area contributed by atoms with Gasteiger partial charge in [0.05, 0.1) is 43.8 Å². The largest absolute Gasteiger partial charge is 0.478 e. The first-order valence-electron chi connectivity index (χ1n) is 11.4. The Bertz CT molecular complexity index is 906. The van der Waals surface area contributed by atoms with Crippen molar-refractivity contribution in [3.63, 3.8) is 0 Å². The molecule has 0 spiro atoms. The zero-order chi connectivity index (χ0) is 25.1. The van der Waals surface area contributed by atoms with Gasteiger partial charge in [-0.2, -0.15) is 5.10 Å². The summed E-state index contributed by atoms with van der Waals surface area (Å²) < 4.78 is 16.2. The molecule has 2 aromatic rings. The van der Waals surface area contributed by atoms with Crippen molar-refractivity contribution >= 4 is 23.9 Å². The molecule has 0 radical (unpaired) electrons. The highest BCUT2D eigenvalue weighted by Crippen LogP contribution is 2.06. The molecule has 0 saturated heterocycles. The first-order valence-corrected chi connectivity index (χ1v) is 11.4. The number of anilines is 1. The van der Waals surface area contributed by atoms with E-state index in [1.807, 2.05) is 0 Å². The third-order valence-electron chi connectivity index (χ3n) is 4.56. The first-order chi connectivity index (χ1) is 17.1. The van der Waals surface area contributed by atoms with Crippen LogP contribution in [0.1, 0.15) is 39.1 Å². The number of carbonyl (C=O) groups excluding carboxylic acids is 1. The fourth-order valence-electron chi connectivity index (χ4n) is 2.68. The van der Waals surface area contributed by atoms with Gasteiger partial charge in [0.2, 0.25) is 0 Å². The molecule has 0 saturated carbocycles. The summed E-state index contributed by atoms with van der Waals surface area (Å²) in [6, 6.07) is 9.59. The van der Waals surface area contributed by atoms with Gasteiger partial charge in [0, 0.05) is 26.0 Å². The molecule has 11 nitrogen and oxygen atoms in total. The number of carboxylic acids is 1. The quantitative estimate of drug-likeness (QED) is 0.140. The molecule has 0 aliphatic carbocycles. The molecule has 1 aromatic heterocycles. The van der Waals surface area contributed by atoms with Crippen LogP contribution in [0.3, 0.4) is 0 Å². The number of amides is 1. The average Bonchev–Trinajstić information content (AvgIpc) is 2.87. The Morgan fingerprint density at radius 3 is 2.14 bits per heavy atom. The molecule has 1 heterocycles. The Balaban J connectivity index is 1.54. The van der Waals surface area contributed by atoms with Crippen molar-refractivity contribution < 1.29 is 28.9 Å². The lowest BCUT2D eigenvalue weighted by Gasteiger charge is -2.08. The van der Waals surface area contributed by atoms with Gasteiger partial charge in [-0.15, -0.1) is 0 Å². The minimum absolute atomic E-state index is 0.208. The fourth-order valence-corrected chi connectivity index (χ4v) is 2.68. The van der Waals surface area contributed by atoms with E-state index in [9.17, 15) is 9.59 Å². The number of rotatable bonds is 18. The number of nitrogens with two attached hydrogens (primary N) is 1. The van der Waals surface area contributed by atoms with Gasteiger partial charge in [0.15, 0.2) is 0 Å². The molecule has 11 heteroatoms. The molecule has 0 unspecified atom stereocenters. The standard InChI is InChI=1S/C24H33N5O6/c25-9-1-11-33-13-15-35-16-14-34-12-2-10-26-23(30)21-7-8-22(27-18-21)29-28-17-19-3-5-20(6-4-19)24(31)32/h3-8,17-18H,1-2,9-16,25H2,(H,26,30)(H,27,29)(H,31,32). The summed E-state index contributed by atoms with van der Waals surface area (Å²) >= 11 is 0. The van der Waals surface area contributed by atoms with Crippen LogP contribution in [0.4, 0.5) is 5.82 Å². The number of carbonyl (C=O) groups is 2. The van der Waals surface area contributed by atoms with Gasteiger partial charge in [0.25, 0.3) is 5.91 Å². The summed E-state index contributed by atoms with van der Waals surface area (Å²) in [5.41, 5.74) is 9.52. The van der Waals surface area contributed by atoms with Crippen LogP contribution in [-0.4, -0.2) is 80.9 Å². The van der Waals surface area contributed by atoms with E-state index in [0.29, 0.717) is 70.5 Å². The number of hydrogen-bond donors (Lipinski definition) is 4. The molecule has 0 aliphatic heterocycles. The van der Waals surface area contributed by atoms with Crippen molar-refractivity contribution in [1.29, 1.82) is 0 Å². The van der Waals surface area contributed by atoms with Crippen molar-refractivity contribution in [3.05, 3.63) is 59.3 Å². The number of pyridine rings is 1. The van der Waals surface area contributed by atoms with Crippen LogP contribution in [0.5, 0.6) is 0 Å². The Morgan fingerprint density at radius 2 is 1.54 bits per heavy atom. The van der Waals surface area contributed by atoms with Gasteiger partial charge in [-0.05, 0) is 49.2 Å². The molecule has 190 valence electrons. The molecule has 1 aromatic carbocycles. The van der Waals surface area contributed by atoms with Crippen LogP contribution in [-0.2, 0) is 14.2 Å². The number of aromatic carboxylic acids is 1. The van der Waals surface area contributed by atoms with E-state index in [1.165, 1.54) is 18.3 Å². The van der Waals surface area contributed by atoms with Gasteiger partial charge >= 0.3 is 5.97 Å². The molecular weight excluding hydrogens is 454 g/mol. The van der Waals surface area contributed by atoms with E-state index in [4.69, 9.17) is 25.1 Å². The summed E-state index contributed by atoms with van der Waals surface area (Å²) in [5, 5.41) is 15.8. The van der Waals surface area contributed by atoms with E-state index < -0.39 is 5.97 Å². The van der Waals surface area contributed by atoms with E-state index in [2.05, 4.69) is 20.8 Å². The van der Waals surface area contributed by atoms with Crippen molar-refractivity contribution in [1.82, 2.24) is 10.3 Å². The summed E-state index contributed by atoms with van der Waals surface area (Å²) in [6.45, 7) is 4.36. The summed E-state index contributed by atoms with van der Waals surface area (Å²) in [6.07, 6.45) is 4.54. The lowest BCUT2D eigenvalue weighted by atomic mass is 10.1. The predicted octanol–water partition coefficient (Wildman–Crippen LogP) is 1.74. The number of ether oxygens (including phenoxy) is 3. The Hall–Kier alpha value is -3.38. The number of nitrogens with one attached hydrogen (secondary N) is 2. The predicted molar refractivity (Wildman–Crippen MR) is 132 cm³/mol. The minimum atomic E-state index is -0.981. The minimum Gasteiger partial charge on any atom is -0.478 e. The van der Waals surface area contributed by atoms with Crippen LogP contribution in [0.15, 0.2) is 47.7 Å². The molecule has 0 bridgehead atoms. The molecule has 0 aliphatic rings. The number of nitrogens with zero attached hydrogens (tertiary/aromatic N) is 2. The molecule has 35 heavy (non-hydrogen) atoms. The van der Waals surface area contributed by atoms with Crippen molar-refractivity contribution in [2.45, 2.75) is 12.8 Å². The van der Waals surface area contributed by atoms with Crippen LogP contribution >= 0.6 is 0 Å². The van der Waals surface area contributed by atoms with E-state index in [1.54, 1.807) is 30.5 Å². The van der Waals surface area contributed by atoms with E-state index >= 15 is 0 Å². The van der Waals surface area contributed by atoms with Crippen molar-refractivity contribution in [3.8, 4) is 0 Å². The van der Waals surface area contributed by atoms with Crippen LogP contribution in [0.25, 0.3) is 0 Å². The van der Waals surface area contributed by atoms with E-state index in [0.717, 1.165) is 12.0 Å². The molecule has 5 N–H and O–H groups in total. The number of carboxylic acid groups (broad SMARTS) is 1. The number of aromatic nitrogens is 1. The van der Waals surface area contributed by atoms with Gasteiger partial charge in [0.1, 0.15) is 5.82 Å². The van der Waals surface area contributed by atoms with E-state index in [-0.39, 0.29) is 11.5 Å². The van der Waals surface area contributed by atoms with Crippen LogP contribution in [0, 0.1) is 0 Å². The highest BCUT2D eigenvalue weighted by molar-refractivity contribution is 5.94. The second-order valence-corrected chi connectivity index (χ2v) is 7.32. The summed E-state index contributed by atoms with van der Waals surface area (Å²) in [5.74, 6) is -0.729. The zero-order valence-corrected chi connectivity index (χ0v) is 19.7. The second-order valence-electron chi connectivity index (χ2n) is 7.32. The Kier molecular flexibility index (Phi) is 13.6. The lowest BCUT2D eigenvalue weighted by molar-refractivity contribution is 0.0141. The second kappa shape index (κ2) is 17.1. The normalized spacial score (nSPS) is 11.0. The highest BCUT2D eigenvalue weighted by Gasteiger charge is 2.05. The Morgan fingerprint density at radius 1 is 0.914 bits per heavy atom. The smallest absolute Gasteiger partial charge is 0.335 e. The van der Waals surface area contributed by atoms with Crippen molar-refractivity contribution in [2.75, 3.05) is 58.2 Å². The maximum atomic E-state index is 12.2. The topological polar surface area (TPSA) is 157 Å². The summed E-state index contributed by atoms with van der Waals surface area (Å²) in [4.78, 5) is 27.2. The number of hydrogen-bond acceptors (Lipinski definition) is 9. The van der Waals surface area contributed by atoms with Gasteiger partial charge < -0.3 is 30.4 Å². The maximum absolute atomic E-state index is 12.2.